The maximum atomic E-state index is 9.39. The highest BCUT2D eigenvalue weighted by Crippen LogP contribution is 2.21. The summed E-state index contributed by atoms with van der Waals surface area (Å²) in [5.74, 6) is 0.465. The van der Waals surface area contributed by atoms with E-state index in [4.69, 9.17) is 10.9 Å². The lowest BCUT2D eigenvalue weighted by Crippen LogP contribution is -2.31. The van der Waals surface area contributed by atoms with Crippen LogP contribution in [0.25, 0.3) is 0 Å². The largest absolute Gasteiger partial charge is 0.409 e. The summed E-state index contributed by atoms with van der Waals surface area (Å²) < 4.78 is 0. The lowest BCUT2D eigenvalue weighted by atomic mass is 10.1. The summed E-state index contributed by atoms with van der Waals surface area (Å²) in [6.07, 6.45) is -0.515. The first-order chi connectivity index (χ1) is 8.38. The van der Waals surface area contributed by atoms with E-state index in [0.717, 1.165) is 5.56 Å². The van der Waals surface area contributed by atoms with Crippen molar-refractivity contribution in [2.75, 3.05) is 18.5 Å². The molecule has 1 aromatic heterocycles. The minimum Gasteiger partial charge on any atom is -0.409 e. The maximum Gasteiger partial charge on any atom is 0.174 e. The molecule has 0 radical (unpaired) electrons. The highest BCUT2D eigenvalue weighted by Gasteiger charge is 2.18. The molecule has 1 unspecified atom stereocenters. The van der Waals surface area contributed by atoms with Crippen molar-refractivity contribution in [2.24, 2.45) is 10.9 Å². The number of hydrogen-bond acceptors (Lipinski definition) is 6. The number of aromatic nitrogens is 2. The van der Waals surface area contributed by atoms with E-state index in [9.17, 15) is 5.11 Å². The Morgan fingerprint density at radius 1 is 1.44 bits per heavy atom. The average Bonchev–Trinajstić information content (AvgIpc) is 2.30. The molecular weight excluding hydrogens is 234 g/mol. The number of nitrogens with two attached hydrogens (primary N) is 1. The van der Waals surface area contributed by atoms with Crippen molar-refractivity contribution in [3.05, 3.63) is 16.8 Å². The van der Waals surface area contributed by atoms with Crippen molar-refractivity contribution >= 4 is 11.7 Å². The molecule has 1 heterocycles. The van der Waals surface area contributed by atoms with E-state index in [1.54, 1.807) is 25.8 Å². The highest BCUT2D eigenvalue weighted by molar-refractivity contribution is 6.02. The van der Waals surface area contributed by atoms with Gasteiger partial charge in [-0.25, -0.2) is 0 Å². The van der Waals surface area contributed by atoms with Gasteiger partial charge in [-0.3, -0.25) is 0 Å². The molecule has 0 saturated heterocycles. The second kappa shape index (κ2) is 5.63. The fraction of sp³-hybridized carbons (Fsp3) is 0.545. The van der Waals surface area contributed by atoms with E-state index in [0.29, 0.717) is 23.6 Å². The summed E-state index contributed by atoms with van der Waals surface area (Å²) in [5, 5.41) is 29.3. The molecule has 18 heavy (non-hydrogen) atoms. The molecular formula is C11H19N5O2. The Morgan fingerprint density at radius 2 is 2.06 bits per heavy atom. The molecule has 0 aliphatic carbocycles. The quantitative estimate of drug-likeness (QED) is 0.302. The molecule has 0 saturated carbocycles. The molecule has 0 fully saturated rings. The van der Waals surface area contributed by atoms with Crippen molar-refractivity contribution in [3.63, 3.8) is 0 Å². The Hall–Kier alpha value is -1.89. The molecule has 1 atom stereocenters. The molecule has 7 heteroatoms. The number of aliphatic hydroxyl groups excluding tert-OH is 1. The Bertz CT molecular complexity index is 459. The number of amidine groups is 1. The summed E-state index contributed by atoms with van der Waals surface area (Å²) in [5.41, 5.74) is 7.72. The Kier molecular flexibility index (Phi) is 4.43. The van der Waals surface area contributed by atoms with Crippen LogP contribution in [0.5, 0.6) is 0 Å². The normalized spacial score (nSPS) is 13.5. The number of nitrogens with zero attached hydrogens (tertiary/aromatic N) is 4. The number of likely N-dealkylation sites (N-methyl/N-ethyl adjacent to an activating group) is 1. The van der Waals surface area contributed by atoms with E-state index in [1.807, 2.05) is 6.92 Å². The summed E-state index contributed by atoms with van der Waals surface area (Å²) in [6.45, 7) is 5.68. The number of hydrogen-bond donors (Lipinski definition) is 3. The summed E-state index contributed by atoms with van der Waals surface area (Å²) in [6, 6.07) is 0. The molecule has 0 aliphatic heterocycles. The molecule has 0 aromatic carbocycles. The molecule has 7 nitrogen and oxygen atoms in total. The zero-order valence-electron chi connectivity index (χ0n) is 11.0. The fourth-order valence-corrected chi connectivity index (χ4v) is 1.70. The van der Waals surface area contributed by atoms with Gasteiger partial charge in [-0.1, -0.05) is 5.16 Å². The minimum absolute atomic E-state index is 0.0158. The molecule has 4 N–H and O–H groups in total. The smallest absolute Gasteiger partial charge is 0.174 e. The third kappa shape index (κ3) is 2.86. The van der Waals surface area contributed by atoms with Gasteiger partial charge in [0.1, 0.15) is 0 Å². The SMILES string of the molecule is Cc1nnc(N(C)CC(C)O)c(C(N)=NO)c1C. The fourth-order valence-electron chi connectivity index (χ4n) is 1.70. The zero-order valence-corrected chi connectivity index (χ0v) is 11.0. The van der Waals surface area contributed by atoms with Crippen molar-refractivity contribution in [1.29, 1.82) is 0 Å². The van der Waals surface area contributed by atoms with Crippen molar-refractivity contribution < 1.29 is 10.3 Å². The highest BCUT2D eigenvalue weighted by atomic mass is 16.4. The van der Waals surface area contributed by atoms with Crippen LogP contribution < -0.4 is 10.6 Å². The van der Waals surface area contributed by atoms with E-state index in [2.05, 4.69) is 15.4 Å². The van der Waals surface area contributed by atoms with Crippen LogP contribution in [0.4, 0.5) is 5.82 Å². The Balaban J connectivity index is 3.31. The van der Waals surface area contributed by atoms with Gasteiger partial charge in [-0.2, -0.15) is 5.10 Å². The molecule has 0 aliphatic rings. The van der Waals surface area contributed by atoms with Crippen LogP contribution >= 0.6 is 0 Å². The Morgan fingerprint density at radius 3 is 2.56 bits per heavy atom. The number of oxime groups is 1. The summed E-state index contributed by atoms with van der Waals surface area (Å²) in [4.78, 5) is 1.72. The van der Waals surface area contributed by atoms with Gasteiger partial charge in [-0.05, 0) is 26.3 Å². The van der Waals surface area contributed by atoms with Crippen LogP contribution in [0.1, 0.15) is 23.7 Å². The van der Waals surface area contributed by atoms with E-state index >= 15 is 0 Å². The first-order valence-corrected chi connectivity index (χ1v) is 5.59. The zero-order chi connectivity index (χ0) is 13.9. The number of rotatable bonds is 4. The predicted octanol–water partition coefficient (Wildman–Crippen LogP) is 0.00494. The van der Waals surface area contributed by atoms with Crippen LogP contribution in [0.2, 0.25) is 0 Å². The van der Waals surface area contributed by atoms with Crippen LogP contribution in [0.3, 0.4) is 0 Å². The third-order valence-corrected chi connectivity index (χ3v) is 2.70. The Labute approximate surface area is 106 Å². The van der Waals surface area contributed by atoms with Gasteiger partial charge >= 0.3 is 0 Å². The van der Waals surface area contributed by atoms with Crippen LogP contribution in [-0.4, -0.2) is 46.0 Å². The minimum atomic E-state index is -0.515. The van der Waals surface area contributed by atoms with Gasteiger partial charge in [0.25, 0.3) is 0 Å². The lowest BCUT2D eigenvalue weighted by molar-refractivity contribution is 0.201. The standard InChI is InChI=1S/C11H19N5O2/c1-6(17)5-16(4)11-9(10(12)15-18)7(2)8(3)13-14-11/h6,17-18H,5H2,1-4H3,(H2,12,15). The number of anilines is 1. The van der Waals surface area contributed by atoms with Crippen molar-refractivity contribution in [3.8, 4) is 0 Å². The molecule has 100 valence electrons. The first kappa shape index (κ1) is 14.2. The monoisotopic (exact) mass is 253 g/mol. The van der Waals surface area contributed by atoms with Crippen LogP contribution in [0, 0.1) is 13.8 Å². The summed E-state index contributed by atoms with van der Waals surface area (Å²) in [7, 11) is 1.76. The van der Waals surface area contributed by atoms with Gasteiger partial charge in [0.15, 0.2) is 11.7 Å². The first-order valence-electron chi connectivity index (χ1n) is 5.59. The molecule has 0 bridgehead atoms. The molecule has 0 amide bonds. The van der Waals surface area contributed by atoms with Gasteiger partial charge in [0.2, 0.25) is 0 Å². The van der Waals surface area contributed by atoms with Gasteiger partial charge in [-0.15, -0.1) is 5.10 Å². The third-order valence-electron chi connectivity index (χ3n) is 2.70. The number of aliphatic hydroxyl groups is 1. The average molecular weight is 253 g/mol. The van der Waals surface area contributed by atoms with E-state index in [-0.39, 0.29) is 5.84 Å². The lowest BCUT2D eigenvalue weighted by Gasteiger charge is -2.22. The molecule has 0 spiro atoms. The molecule has 1 rings (SSSR count). The number of aryl methyl sites for hydroxylation is 1. The van der Waals surface area contributed by atoms with Crippen molar-refractivity contribution in [2.45, 2.75) is 26.9 Å². The second-order valence-electron chi connectivity index (χ2n) is 4.32. The second-order valence-corrected chi connectivity index (χ2v) is 4.32. The maximum absolute atomic E-state index is 9.39. The van der Waals surface area contributed by atoms with Crippen LogP contribution in [-0.2, 0) is 0 Å². The topological polar surface area (TPSA) is 108 Å². The van der Waals surface area contributed by atoms with E-state index in [1.165, 1.54) is 0 Å². The van der Waals surface area contributed by atoms with Crippen molar-refractivity contribution in [1.82, 2.24) is 10.2 Å². The molecule has 1 aromatic rings. The van der Waals surface area contributed by atoms with Gasteiger partial charge < -0.3 is 20.9 Å². The van der Waals surface area contributed by atoms with Crippen LogP contribution in [0.15, 0.2) is 5.16 Å². The summed E-state index contributed by atoms with van der Waals surface area (Å²) >= 11 is 0. The van der Waals surface area contributed by atoms with Gasteiger partial charge in [0, 0.05) is 13.6 Å². The predicted molar refractivity (Wildman–Crippen MR) is 69.0 cm³/mol. The van der Waals surface area contributed by atoms with Gasteiger partial charge in [0.05, 0.1) is 17.4 Å². The van der Waals surface area contributed by atoms with E-state index < -0.39 is 6.10 Å².